The summed E-state index contributed by atoms with van der Waals surface area (Å²) in [7, 11) is -1.45. The molecule has 250 valence electrons. The first kappa shape index (κ1) is 41.0. The number of hydrogen-bond acceptors (Lipinski definition) is 13. The molecule has 0 aromatic heterocycles. The van der Waals surface area contributed by atoms with Crippen LogP contribution in [0.5, 0.6) is 0 Å². The zero-order valence-corrected chi connectivity index (χ0v) is 27.1. The van der Waals surface area contributed by atoms with Crippen molar-refractivity contribution in [3.63, 3.8) is 0 Å². The number of hydrogen-bond donors (Lipinski definition) is 0. The van der Waals surface area contributed by atoms with Crippen molar-refractivity contribution >= 4 is 14.3 Å². The van der Waals surface area contributed by atoms with E-state index in [4.69, 9.17) is 56.5 Å². The molecule has 0 aromatic rings. The van der Waals surface area contributed by atoms with Gasteiger partial charge in [0.25, 0.3) is 0 Å². The van der Waals surface area contributed by atoms with Crippen LogP contribution in [0.2, 0.25) is 19.6 Å². The van der Waals surface area contributed by atoms with Gasteiger partial charge in [-0.05, 0) is 19.6 Å². The average molecular weight is 629 g/mol. The van der Waals surface area contributed by atoms with E-state index in [0.717, 1.165) is 6.08 Å². The lowest BCUT2D eigenvalue weighted by atomic mass is 10.6. The van der Waals surface area contributed by atoms with Gasteiger partial charge in [0.2, 0.25) is 0 Å². The topological polar surface area (TPSA) is 128 Å². The Morgan fingerprint density at radius 3 is 0.857 bits per heavy atom. The minimum Gasteiger partial charge on any atom is -0.460 e. The second-order valence-corrected chi connectivity index (χ2v) is 14.0. The Kier molecular flexibility index (Phi) is 32.1. The third-order valence-corrected chi connectivity index (χ3v) is 5.82. The molecule has 42 heavy (non-hydrogen) atoms. The highest BCUT2D eigenvalue weighted by Crippen LogP contribution is 2.01. The second kappa shape index (κ2) is 32.9. The van der Waals surface area contributed by atoms with Gasteiger partial charge in [0.1, 0.15) is 6.61 Å². The molecule has 13 nitrogen and oxygen atoms in total. The SMILES string of the molecule is C=CC(=O)OCCOCCOCCOCCOCCOCCOCCOCCOCCOCCOCCO[Si](C)(C)C. The maximum absolute atomic E-state index is 10.8. The van der Waals surface area contributed by atoms with Gasteiger partial charge in [0, 0.05) is 6.08 Å². The number of rotatable bonds is 35. The quantitative estimate of drug-likeness (QED) is 0.0438. The summed E-state index contributed by atoms with van der Waals surface area (Å²) in [6.07, 6.45) is 1.11. The highest BCUT2D eigenvalue weighted by Gasteiger charge is 2.13. The molecule has 0 radical (unpaired) electrons. The van der Waals surface area contributed by atoms with Gasteiger partial charge in [-0.2, -0.15) is 0 Å². The molecule has 0 bridgehead atoms. The molecule has 0 aliphatic rings. The molecule has 0 N–H and O–H groups in total. The Morgan fingerprint density at radius 1 is 0.429 bits per heavy atom. The summed E-state index contributed by atoms with van der Waals surface area (Å²) in [5.74, 6) is -0.458. The smallest absolute Gasteiger partial charge is 0.330 e. The largest absolute Gasteiger partial charge is 0.460 e. The van der Waals surface area contributed by atoms with Crippen LogP contribution >= 0.6 is 0 Å². The summed E-state index contributed by atoms with van der Waals surface area (Å²) in [6.45, 7) is 20.6. The monoisotopic (exact) mass is 628 g/mol. The van der Waals surface area contributed by atoms with E-state index in [1.807, 2.05) is 0 Å². The normalized spacial score (nSPS) is 11.7. The molecular weight excluding hydrogens is 572 g/mol. The van der Waals surface area contributed by atoms with Crippen molar-refractivity contribution in [3.8, 4) is 0 Å². The van der Waals surface area contributed by atoms with Gasteiger partial charge >= 0.3 is 5.97 Å². The van der Waals surface area contributed by atoms with Crippen molar-refractivity contribution in [1.29, 1.82) is 0 Å². The van der Waals surface area contributed by atoms with Crippen LogP contribution in [0, 0.1) is 0 Å². The first-order valence-corrected chi connectivity index (χ1v) is 18.1. The highest BCUT2D eigenvalue weighted by molar-refractivity contribution is 6.69. The average Bonchev–Trinajstić information content (AvgIpc) is 2.96. The van der Waals surface area contributed by atoms with Crippen LogP contribution in [-0.2, 0) is 61.3 Å². The van der Waals surface area contributed by atoms with E-state index in [-0.39, 0.29) is 6.61 Å². The Hall–Kier alpha value is -1.01. The molecule has 0 aromatic carbocycles. The molecule has 14 heteroatoms. The van der Waals surface area contributed by atoms with Crippen molar-refractivity contribution in [2.24, 2.45) is 0 Å². The third kappa shape index (κ3) is 37.0. The summed E-state index contributed by atoms with van der Waals surface area (Å²) in [5, 5.41) is 0. The van der Waals surface area contributed by atoms with E-state index in [0.29, 0.717) is 139 Å². The van der Waals surface area contributed by atoms with Gasteiger partial charge in [-0.3, -0.25) is 0 Å². The zero-order chi connectivity index (χ0) is 30.8. The summed E-state index contributed by atoms with van der Waals surface area (Å²) in [5.41, 5.74) is 0. The van der Waals surface area contributed by atoms with Gasteiger partial charge in [0.15, 0.2) is 8.32 Å². The van der Waals surface area contributed by atoms with Crippen molar-refractivity contribution in [2.75, 3.05) is 145 Å². The fourth-order valence-corrected chi connectivity index (χ4v) is 3.44. The Labute approximate surface area is 253 Å². The van der Waals surface area contributed by atoms with E-state index in [2.05, 4.69) is 26.2 Å². The first-order chi connectivity index (χ1) is 20.5. The van der Waals surface area contributed by atoms with Crippen LogP contribution in [-0.4, -0.2) is 160 Å². The van der Waals surface area contributed by atoms with Crippen LogP contribution in [0.25, 0.3) is 0 Å². The molecule has 0 amide bonds. The number of carbonyl (C=O) groups excluding carboxylic acids is 1. The van der Waals surface area contributed by atoms with E-state index < -0.39 is 14.3 Å². The van der Waals surface area contributed by atoms with Gasteiger partial charge in [0.05, 0.1) is 139 Å². The number of esters is 1. The zero-order valence-electron chi connectivity index (χ0n) is 26.1. The summed E-state index contributed by atoms with van der Waals surface area (Å²) in [6, 6.07) is 0. The Balaban J connectivity index is 3.07. The van der Waals surface area contributed by atoms with Crippen molar-refractivity contribution in [2.45, 2.75) is 19.6 Å². The number of carbonyl (C=O) groups is 1. The highest BCUT2D eigenvalue weighted by atomic mass is 28.4. The molecule has 0 spiro atoms. The lowest BCUT2D eigenvalue weighted by Crippen LogP contribution is -2.27. The van der Waals surface area contributed by atoms with E-state index in [1.165, 1.54) is 0 Å². The van der Waals surface area contributed by atoms with Crippen molar-refractivity contribution in [1.82, 2.24) is 0 Å². The van der Waals surface area contributed by atoms with Crippen LogP contribution in [0.3, 0.4) is 0 Å². The molecule has 0 rings (SSSR count). The van der Waals surface area contributed by atoms with E-state index >= 15 is 0 Å². The van der Waals surface area contributed by atoms with Gasteiger partial charge in [-0.25, -0.2) is 4.79 Å². The fraction of sp³-hybridized carbons (Fsp3) is 0.893. The summed E-state index contributed by atoms with van der Waals surface area (Å²) < 4.78 is 64.8. The molecule has 0 fully saturated rings. The van der Waals surface area contributed by atoms with Gasteiger partial charge < -0.3 is 56.5 Å². The van der Waals surface area contributed by atoms with E-state index in [9.17, 15) is 4.79 Å². The van der Waals surface area contributed by atoms with E-state index in [1.54, 1.807) is 0 Å². The third-order valence-electron chi connectivity index (χ3n) is 4.75. The van der Waals surface area contributed by atoms with Crippen LogP contribution in [0.15, 0.2) is 12.7 Å². The lowest BCUT2D eigenvalue weighted by molar-refractivity contribution is -0.139. The van der Waals surface area contributed by atoms with Crippen molar-refractivity contribution < 1.29 is 61.3 Å². The van der Waals surface area contributed by atoms with Crippen molar-refractivity contribution in [3.05, 3.63) is 12.7 Å². The second-order valence-electron chi connectivity index (χ2n) is 9.46. The Bertz CT molecular complexity index is 578. The number of ether oxygens (including phenoxy) is 11. The minimum atomic E-state index is -1.45. The van der Waals surface area contributed by atoms with Crippen LogP contribution < -0.4 is 0 Å². The summed E-state index contributed by atoms with van der Waals surface area (Å²) >= 11 is 0. The molecule has 0 unspecified atom stereocenters. The maximum atomic E-state index is 10.8. The van der Waals surface area contributed by atoms with Gasteiger partial charge in [-0.1, -0.05) is 6.58 Å². The fourth-order valence-electron chi connectivity index (χ4n) is 2.75. The first-order valence-electron chi connectivity index (χ1n) is 14.7. The molecule has 0 saturated heterocycles. The van der Waals surface area contributed by atoms with Crippen LogP contribution in [0.4, 0.5) is 0 Å². The van der Waals surface area contributed by atoms with Crippen LogP contribution in [0.1, 0.15) is 0 Å². The molecule has 0 atom stereocenters. The molecule has 0 heterocycles. The molecule has 0 aliphatic carbocycles. The summed E-state index contributed by atoms with van der Waals surface area (Å²) in [4.78, 5) is 10.8. The molecule has 0 aliphatic heterocycles. The maximum Gasteiger partial charge on any atom is 0.330 e. The standard InChI is InChI=1S/C28H56O13Si/c1-5-28(29)40-26-24-38-22-20-36-18-16-34-14-12-32-10-8-30-6-7-31-9-11-33-13-15-35-17-19-37-21-23-39-25-27-41-42(2,3)4/h5H,1,6-27H2,2-4H3. The molecular formula is C28H56O13Si. The predicted octanol–water partition coefficient (Wildman–Crippen LogP) is 1.73. The Morgan fingerprint density at radius 2 is 0.643 bits per heavy atom. The van der Waals surface area contributed by atoms with Gasteiger partial charge in [-0.15, -0.1) is 0 Å². The predicted molar refractivity (Wildman–Crippen MR) is 159 cm³/mol. The lowest BCUT2D eigenvalue weighted by Gasteiger charge is -2.16. The molecule has 0 saturated carbocycles. The minimum absolute atomic E-state index is 0.200.